The van der Waals surface area contributed by atoms with E-state index in [0.29, 0.717) is 15.9 Å². The van der Waals surface area contributed by atoms with Crippen molar-refractivity contribution in [3.63, 3.8) is 0 Å². The standard InChI is InChI=1S/C30H19F2OP/c31-20-9-13-22(14-10-20)34(33,23-15-11-21(32)12-16-23)24-17-18-29-27-7-2-1-5-25(27)26-6-3-4-8-28(26)30(29)19-24/h1-19H. The van der Waals surface area contributed by atoms with Crippen molar-refractivity contribution in [3.05, 3.63) is 127 Å². The molecule has 0 saturated heterocycles. The first-order chi connectivity index (χ1) is 16.6. The number of hydrogen-bond acceptors (Lipinski definition) is 1. The fourth-order valence-electron chi connectivity index (χ4n) is 4.84. The summed E-state index contributed by atoms with van der Waals surface area (Å²) in [6, 6.07) is 33.8. The van der Waals surface area contributed by atoms with Crippen LogP contribution in [0.3, 0.4) is 0 Å². The van der Waals surface area contributed by atoms with Gasteiger partial charge >= 0.3 is 0 Å². The highest BCUT2D eigenvalue weighted by molar-refractivity contribution is 7.85. The molecular formula is C30H19F2OP. The highest BCUT2D eigenvalue weighted by atomic mass is 31.2. The maximum absolute atomic E-state index is 14.8. The Kier molecular flexibility index (Phi) is 4.83. The van der Waals surface area contributed by atoms with Crippen LogP contribution < -0.4 is 15.9 Å². The predicted octanol–water partition coefficient (Wildman–Crippen LogP) is 7.06. The Hall–Kier alpha value is -3.81. The fourth-order valence-corrected chi connectivity index (χ4v) is 7.47. The molecule has 34 heavy (non-hydrogen) atoms. The number of fused-ring (bicyclic) bond motifs is 6. The van der Waals surface area contributed by atoms with Crippen LogP contribution in [0.15, 0.2) is 115 Å². The fraction of sp³-hybridized carbons (Fsp3) is 0. The van der Waals surface area contributed by atoms with Crippen molar-refractivity contribution >= 4 is 55.4 Å². The van der Waals surface area contributed by atoms with Crippen LogP contribution in [0.2, 0.25) is 0 Å². The lowest BCUT2D eigenvalue weighted by molar-refractivity contribution is 0.592. The molecule has 6 rings (SSSR count). The van der Waals surface area contributed by atoms with Gasteiger partial charge in [0.1, 0.15) is 11.6 Å². The molecule has 0 heterocycles. The van der Waals surface area contributed by atoms with Gasteiger partial charge in [0.2, 0.25) is 0 Å². The lowest BCUT2D eigenvalue weighted by Crippen LogP contribution is -2.25. The average molecular weight is 464 g/mol. The maximum atomic E-state index is 14.8. The Balaban J connectivity index is 1.71. The third-order valence-electron chi connectivity index (χ3n) is 6.47. The number of hydrogen-bond donors (Lipinski definition) is 0. The van der Waals surface area contributed by atoms with Crippen LogP contribution in [0.5, 0.6) is 0 Å². The quantitative estimate of drug-likeness (QED) is 0.202. The third-order valence-corrected chi connectivity index (χ3v) is 9.53. The first-order valence-electron chi connectivity index (χ1n) is 11.0. The molecule has 0 amide bonds. The van der Waals surface area contributed by atoms with Gasteiger partial charge < -0.3 is 4.57 Å². The van der Waals surface area contributed by atoms with Gasteiger partial charge in [0.15, 0.2) is 7.14 Å². The minimum Gasteiger partial charge on any atom is -0.309 e. The minimum absolute atomic E-state index is 0.398. The zero-order valence-electron chi connectivity index (χ0n) is 18.1. The summed E-state index contributed by atoms with van der Waals surface area (Å²) in [6.45, 7) is 0. The molecule has 1 nitrogen and oxygen atoms in total. The molecule has 0 N–H and O–H groups in total. The molecule has 0 fully saturated rings. The SMILES string of the molecule is O=P(c1ccc(F)cc1)(c1ccc(F)cc1)c1ccc2c3ccccc3c3ccccc3c2c1. The van der Waals surface area contributed by atoms with Crippen molar-refractivity contribution in [1.82, 2.24) is 0 Å². The third kappa shape index (κ3) is 3.16. The van der Waals surface area contributed by atoms with E-state index in [4.69, 9.17) is 0 Å². The van der Waals surface area contributed by atoms with Crippen molar-refractivity contribution in [3.8, 4) is 0 Å². The summed E-state index contributed by atoms with van der Waals surface area (Å²) in [6.07, 6.45) is 0. The van der Waals surface area contributed by atoms with Gasteiger partial charge in [-0.1, -0.05) is 60.7 Å². The van der Waals surface area contributed by atoms with Gasteiger partial charge in [-0.3, -0.25) is 0 Å². The molecule has 6 aromatic rings. The van der Waals surface area contributed by atoms with Crippen molar-refractivity contribution in [2.24, 2.45) is 0 Å². The first kappa shape index (κ1) is 20.8. The van der Waals surface area contributed by atoms with E-state index in [2.05, 4.69) is 24.3 Å². The van der Waals surface area contributed by atoms with Crippen molar-refractivity contribution in [2.45, 2.75) is 0 Å². The lowest BCUT2D eigenvalue weighted by Gasteiger charge is -2.21. The molecule has 0 aromatic heterocycles. The molecule has 0 atom stereocenters. The summed E-state index contributed by atoms with van der Waals surface area (Å²) in [5, 5.41) is 8.19. The largest absolute Gasteiger partial charge is 0.309 e. The van der Waals surface area contributed by atoms with Gasteiger partial charge in [-0.05, 0) is 86.9 Å². The number of halogens is 2. The van der Waals surface area contributed by atoms with E-state index in [-0.39, 0.29) is 0 Å². The second-order valence-electron chi connectivity index (χ2n) is 8.38. The summed E-state index contributed by atoms with van der Waals surface area (Å²) in [4.78, 5) is 0. The summed E-state index contributed by atoms with van der Waals surface area (Å²) < 4.78 is 42.3. The van der Waals surface area contributed by atoms with Gasteiger partial charge in [-0.25, -0.2) is 8.78 Å². The molecule has 0 aliphatic rings. The molecule has 0 bridgehead atoms. The highest BCUT2D eigenvalue weighted by Gasteiger charge is 2.30. The molecule has 164 valence electrons. The molecule has 0 spiro atoms. The Bertz CT molecular complexity index is 1650. The van der Waals surface area contributed by atoms with Gasteiger partial charge in [-0.15, -0.1) is 0 Å². The van der Waals surface area contributed by atoms with E-state index in [0.717, 1.165) is 26.9 Å². The minimum atomic E-state index is -3.39. The smallest absolute Gasteiger partial charge is 0.171 e. The Labute approximate surface area is 195 Å². The van der Waals surface area contributed by atoms with Gasteiger partial charge in [0, 0.05) is 15.9 Å². The normalized spacial score (nSPS) is 11.9. The van der Waals surface area contributed by atoms with E-state index in [1.54, 1.807) is 24.3 Å². The van der Waals surface area contributed by atoms with Crippen LogP contribution in [0.25, 0.3) is 32.3 Å². The maximum Gasteiger partial charge on any atom is 0.171 e. The van der Waals surface area contributed by atoms with Gasteiger partial charge in [-0.2, -0.15) is 0 Å². The average Bonchev–Trinajstić information content (AvgIpc) is 2.89. The van der Waals surface area contributed by atoms with E-state index < -0.39 is 18.8 Å². The van der Waals surface area contributed by atoms with Crippen LogP contribution in [0, 0.1) is 11.6 Å². The highest BCUT2D eigenvalue weighted by Crippen LogP contribution is 2.44. The van der Waals surface area contributed by atoms with Gasteiger partial charge in [0.25, 0.3) is 0 Å². The van der Waals surface area contributed by atoms with Crippen molar-refractivity contribution in [1.29, 1.82) is 0 Å². The van der Waals surface area contributed by atoms with Crippen molar-refractivity contribution in [2.75, 3.05) is 0 Å². The monoisotopic (exact) mass is 464 g/mol. The number of benzene rings is 6. The second kappa shape index (κ2) is 7.90. The number of rotatable bonds is 3. The summed E-state index contributed by atoms with van der Waals surface area (Å²) >= 11 is 0. The molecular weight excluding hydrogens is 445 g/mol. The first-order valence-corrected chi connectivity index (χ1v) is 12.7. The predicted molar refractivity (Wildman–Crippen MR) is 138 cm³/mol. The molecule has 0 unspecified atom stereocenters. The molecule has 0 saturated carbocycles. The van der Waals surface area contributed by atoms with Crippen LogP contribution in [0.1, 0.15) is 0 Å². The lowest BCUT2D eigenvalue weighted by atomic mass is 9.94. The Morgan fingerprint density at radius 3 is 1.21 bits per heavy atom. The summed E-state index contributed by atoms with van der Waals surface area (Å²) in [7, 11) is -3.39. The molecule has 0 aliphatic heterocycles. The van der Waals surface area contributed by atoms with Gasteiger partial charge in [0.05, 0.1) is 0 Å². The van der Waals surface area contributed by atoms with Crippen LogP contribution in [-0.2, 0) is 4.57 Å². The van der Waals surface area contributed by atoms with E-state index in [1.807, 2.05) is 42.5 Å². The topological polar surface area (TPSA) is 17.1 Å². The Morgan fingerprint density at radius 1 is 0.412 bits per heavy atom. The molecule has 6 aromatic carbocycles. The zero-order chi connectivity index (χ0) is 23.3. The summed E-state index contributed by atoms with van der Waals surface area (Å²) in [5.74, 6) is -0.796. The summed E-state index contributed by atoms with van der Waals surface area (Å²) in [5.41, 5.74) is 0. The van der Waals surface area contributed by atoms with Crippen LogP contribution in [-0.4, -0.2) is 0 Å². The van der Waals surface area contributed by atoms with E-state index in [9.17, 15) is 13.3 Å². The van der Waals surface area contributed by atoms with E-state index in [1.165, 1.54) is 29.7 Å². The Morgan fingerprint density at radius 2 is 0.765 bits per heavy atom. The molecule has 4 heteroatoms. The van der Waals surface area contributed by atoms with E-state index >= 15 is 0 Å². The molecule has 0 radical (unpaired) electrons. The van der Waals surface area contributed by atoms with Crippen molar-refractivity contribution < 1.29 is 13.3 Å². The zero-order valence-corrected chi connectivity index (χ0v) is 19.0. The van der Waals surface area contributed by atoms with Crippen LogP contribution in [0.4, 0.5) is 8.78 Å². The second-order valence-corrected chi connectivity index (χ2v) is 11.2. The van der Waals surface area contributed by atoms with Crippen LogP contribution >= 0.6 is 7.14 Å². The molecule has 0 aliphatic carbocycles.